The third-order valence-corrected chi connectivity index (χ3v) is 3.79. The van der Waals surface area contributed by atoms with Gasteiger partial charge in [0.1, 0.15) is 0 Å². The van der Waals surface area contributed by atoms with Crippen LogP contribution in [0.4, 0.5) is 0 Å². The van der Waals surface area contributed by atoms with Crippen LogP contribution >= 0.6 is 0 Å². The van der Waals surface area contributed by atoms with Crippen LogP contribution in [0.15, 0.2) is 28.7 Å². The van der Waals surface area contributed by atoms with Gasteiger partial charge in [-0.25, -0.2) is 4.98 Å². The maximum Gasteiger partial charge on any atom is 0.289 e. The molecule has 0 spiro atoms. The number of aryl methyl sites for hydroxylation is 3. The molecule has 1 atom stereocenters. The molecule has 2 aromatic rings. The molecule has 1 aliphatic carbocycles. The Kier molecular flexibility index (Phi) is 3.30. The summed E-state index contributed by atoms with van der Waals surface area (Å²) in [6.45, 7) is 3.54. The number of hydrogen-bond donors (Lipinski definition) is 1. The highest BCUT2D eigenvalue weighted by atomic mass is 16.4. The van der Waals surface area contributed by atoms with Crippen LogP contribution in [-0.4, -0.2) is 16.9 Å². The molecule has 1 aliphatic rings. The fourth-order valence-corrected chi connectivity index (χ4v) is 2.81. The van der Waals surface area contributed by atoms with Crippen molar-refractivity contribution in [1.29, 1.82) is 0 Å². The van der Waals surface area contributed by atoms with E-state index in [9.17, 15) is 4.79 Å². The van der Waals surface area contributed by atoms with Crippen LogP contribution in [0.25, 0.3) is 0 Å². The summed E-state index contributed by atoms with van der Waals surface area (Å²) in [4.78, 5) is 16.3. The molecule has 0 radical (unpaired) electrons. The molecule has 0 unspecified atom stereocenters. The Bertz CT molecular complexity index is 646. The van der Waals surface area contributed by atoms with E-state index in [1.807, 2.05) is 6.07 Å². The number of carbonyl (C=O) groups is 1. The molecule has 0 saturated heterocycles. The fraction of sp³-hybridized carbons (Fsp3) is 0.375. The van der Waals surface area contributed by atoms with Gasteiger partial charge in [0, 0.05) is 13.0 Å². The quantitative estimate of drug-likeness (QED) is 0.912. The molecule has 4 nitrogen and oxygen atoms in total. The van der Waals surface area contributed by atoms with Crippen LogP contribution in [0.1, 0.15) is 39.7 Å². The third-order valence-electron chi connectivity index (χ3n) is 3.79. The molecule has 1 amide bonds. The zero-order valence-corrected chi connectivity index (χ0v) is 11.8. The minimum Gasteiger partial charge on any atom is -0.436 e. The van der Waals surface area contributed by atoms with Gasteiger partial charge in [-0.2, -0.15) is 0 Å². The standard InChI is InChI=1S/C16H18N2O2/c1-10-15(20-11(2)17-10)16(19)18-14-8-7-12-5-3-4-6-13(12)9-14/h3-6,14H,7-9H2,1-2H3,(H,18,19)/t14-/m0/s1. The van der Waals surface area contributed by atoms with Gasteiger partial charge < -0.3 is 9.73 Å². The van der Waals surface area contributed by atoms with Gasteiger partial charge in [0.25, 0.3) is 5.91 Å². The Morgan fingerprint density at radius 3 is 2.75 bits per heavy atom. The van der Waals surface area contributed by atoms with Crippen LogP contribution in [0.3, 0.4) is 0 Å². The van der Waals surface area contributed by atoms with Gasteiger partial charge in [0.15, 0.2) is 5.89 Å². The molecule has 0 bridgehead atoms. The number of nitrogens with one attached hydrogen (secondary N) is 1. The van der Waals surface area contributed by atoms with Crippen molar-refractivity contribution in [2.24, 2.45) is 0 Å². The number of oxazole rings is 1. The van der Waals surface area contributed by atoms with Crippen molar-refractivity contribution in [1.82, 2.24) is 10.3 Å². The summed E-state index contributed by atoms with van der Waals surface area (Å²) >= 11 is 0. The van der Waals surface area contributed by atoms with Gasteiger partial charge in [0.05, 0.1) is 5.69 Å². The summed E-state index contributed by atoms with van der Waals surface area (Å²) in [5.74, 6) is 0.704. The molecule has 1 aromatic heterocycles. The van der Waals surface area contributed by atoms with Crippen molar-refractivity contribution in [2.45, 2.75) is 39.2 Å². The van der Waals surface area contributed by atoms with E-state index in [0.717, 1.165) is 19.3 Å². The molecule has 0 fully saturated rings. The average molecular weight is 270 g/mol. The number of hydrogen-bond acceptors (Lipinski definition) is 3. The highest BCUT2D eigenvalue weighted by Gasteiger charge is 2.23. The summed E-state index contributed by atoms with van der Waals surface area (Å²) in [7, 11) is 0. The maximum atomic E-state index is 12.2. The second kappa shape index (κ2) is 5.12. The van der Waals surface area contributed by atoms with E-state index in [4.69, 9.17) is 4.42 Å². The number of aromatic nitrogens is 1. The zero-order valence-electron chi connectivity index (χ0n) is 11.8. The summed E-state index contributed by atoms with van der Waals surface area (Å²) in [5.41, 5.74) is 3.37. The molecule has 0 saturated carbocycles. The van der Waals surface area contributed by atoms with E-state index < -0.39 is 0 Å². The lowest BCUT2D eigenvalue weighted by Gasteiger charge is -2.25. The lowest BCUT2D eigenvalue weighted by Crippen LogP contribution is -2.38. The number of benzene rings is 1. The van der Waals surface area contributed by atoms with Crippen molar-refractivity contribution in [3.63, 3.8) is 0 Å². The number of carbonyl (C=O) groups excluding carboxylic acids is 1. The Balaban J connectivity index is 1.71. The first-order valence-corrected chi connectivity index (χ1v) is 6.95. The van der Waals surface area contributed by atoms with E-state index in [1.165, 1.54) is 11.1 Å². The van der Waals surface area contributed by atoms with Crippen molar-refractivity contribution < 1.29 is 9.21 Å². The number of rotatable bonds is 2. The van der Waals surface area contributed by atoms with Crippen LogP contribution in [0.5, 0.6) is 0 Å². The van der Waals surface area contributed by atoms with Gasteiger partial charge >= 0.3 is 0 Å². The predicted octanol–water partition coefficient (Wildman–Crippen LogP) is 2.58. The second-order valence-corrected chi connectivity index (χ2v) is 5.33. The van der Waals surface area contributed by atoms with Crippen LogP contribution in [0.2, 0.25) is 0 Å². The molecular weight excluding hydrogens is 252 g/mol. The number of fused-ring (bicyclic) bond motifs is 1. The fourth-order valence-electron chi connectivity index (χ4n) is 2.81. The Morgan fingerprint density at radius 2 is 2.05 bits per heavy atom. The van der Waals surface area contributed by atoms with Crippen molar-refractivity contribution in [3.8, 4) is 0 Å². The maximum absolute atomic E-state index is 12.2. The van der Waals surface area contributed by atoms with Crippen LogP contribution < -0.4 is 5.32 Å². The molecule has 104 valence electrons. The molecule has 1 aromatic carbocycles. The molecule has 4 heteroatoms. The van der Waals surface area contributed by atoms with E-state index >= 15 is 0 Å². The Labute approximate surface area is 118 Å². The van der Waals surface area contributed by atoms with Crippen LogP contribution in [-0.2, 0) is 12.8 Å². The number of nitrogens with zero attached hydrogens (tertiary/aromatic N) is 1. The molecule has 1 N–H and O–H groups in total. The molecule has 1 heterocycles. The topological polar surface area (TPSA) is 55.1 Å². The average Bonchev–Trinajstić information content (AvgIpc) is 2.78. The van der Waals surface area contributed by atoms with Crippen LogP contribution in [0, 0.1) is 13.8 Å². The summed E-state index contributed by atoms with van der Waals surface area (Å²) in [6, 6.07) is 8.59. The first-order chi connectivity index (χ1) is 9.63. The summed E-state index contributed by atoms with van der Waals surface area (Å²) in [6.07, 6.45) is 2.86. The zero-order chi connectivity index (χ0) is 14.1. The van der Waals surface area contributed by atoms with Gasteiger partial charge in [-0.1, -0.05) is 24.3 Å². The monoisotopic (exact) mass is 270 g/mol. The molecule has 3 rings (SSSR count). The van der Waals surface area contributed by atoms with Crippen molar-refractivity contribution >= 4 is 5.91 Å². The SMILES string of the molecule is Cc1nc(C)c(C(=O)N[C@H]2CCc3ccccc3C2)o1. The number of amides is 1. The lowest BCUT2D eigenvalue weighted by molar-refractivity contribution is 0.0903. The summed E-state index contributed by atoms with van der Waals surface area (Å²) in [5, 5.41) is 3.06. The van der Waals surface area contributed by atoms with Crippen molar-refractivity contribution in [3.05, 3.63) is 52.7 Å². The largest absolute Gasteiger partial charge is 0.436 e. The minimum atomic E-state index is -0.160. The van der Waals surface area contributed by atoms with Crippen molar-refractivity contribution in [2.75, 3.05) is 0 Å². The molecule has 20 heavy (non-hydrogen) atoms. The highest BCUT2D eigenvalue weighted by molar-refractivity contribution is 5.92. The third kappa shape index (κ3) is 2.46. The lowest BCUT2D eigenvalue weighted by atomic mass is 9.88. The second-order valence-electron chi connectivity index (χ2n) is 5.33. The Morgan fingerprint density at radius 1 is 1.30 bits per heavy atom. The summed E-state index contributed by atoms with van der Waals surface area (Å²) < 4.78 is 5.36. The van der Waals surface area contributed by atoms with Gasteiger partial charge in [-0.05, 0) is 37.3 Å². The van der Waals surface area contributed by atoms with E-state index in [1.54, 1.807) is 13.8 Å². The molecular formula is C16H18N2O2. The first-order valence-electron chi connectivity index (χ1n) is 6.95. The highest BCUT2D eigenvalue weighted by Crippen LogP contribution is 2.21. The van der Waals surface area contributed by atoms with E-state index in [2.05, 4.69) is 28.5 Å². The van der Waals surface area contributed by atoms with E-state index in [0.29, 0.717) is 17.3 Å². The first kappa shape index (κ1) is 12.9. The predicted molar refractivity (Wildman–Crippen MR) is 75.7 cm³/mol. The van der Waals surface area contributed by atoms with Gasteiger partial charge in [-0.3, -0.25) is 4.79 Å². The minimum absolute atomic E-state index is 0.160. The van der Waals surface area contributed by atoms with E-state index in [-0.39, 0.29) is 11.9 Å². The smallest absolute Gasteiger partial charge is 0.289 e. The molecule has 0 aliphatic heterocycles. The normalized spacial score (nSPS) is 17.6. The van der Waals surface area contributed by atoms with Gasteiger partial charge in [-0.15, -0.1) is 0 Å². The Hall–Kier alpha value is -2.10. The van der Waals surface area contributed by atoms with Gasteiger partial charge in [0.2, 0.25) is 5.76 Å².